The van der Waals surface area contributed by atoms with Crippen LogP contribution >= 0.6 is 0 Å². The number of hydrogen-bond acceptors (Lipinski definition) is 4. The van der Waals surface area contributed by atoms with Gasteiger partial charge >= 0.3 is 12.1 Å². The summed E-state index contributed by atoms with van der Waals surface area (Å²) in [7, 11) is 0. The Kier molecular flexibility index (Phi) is 21.7. The smallest absolute Gasteiger partial charge is 0.407 e. The van der Waals surface area contributed by atoms with Crippen LogP contribution in [0.4, 0.5) is 4.79 Å². The van der Waals surface area contributed by atoms with Gasteiger partial charge in [0.2, 0.25) is 0 Å². The Morgan fingerprint density at radius 2 is 1.12 bits per heavy atom. The van der Waals surface area contributed by atoms with Crippen LogP contribution in [0, 0.1) is 11.8 Å². The topological polar surface area (TPSA) is 64.6 Å². The zero-order valence-electron chi connectivity index (χ0n) is 22.6. The van der Waals surface area contributed by atoms with Gasteiger partial charge in [-0.25, -0.2) is 9.59 Å². The summed E-state index contributed by atoms with van der Waals surface area (Å²) in [4.78, 5) is 24.4. The molecule has 2 unspecified atom stereocenters. The van der Waals surface area contributed by atoms with Gasteiger partial charge in [-0.05, 0) is 18.3 Å². The fourth-order valence-electron chi connectivity index (χ4n) is 3.82. The molecule has 0 bridgehead atoms. The molecule has 0 aliphatic rings. The first kappa shape index (κ1) is 31.7. The predicted octanol–water partition coefficient (Wildman–Crippen LogP) is 8.20. The predicted molar refractivity (Wildman–Crippen MR) is 138 cm³/mol. The molecule has 2 atom stereocenters. The standard InChI is InChI=1S/C28H55NO4/c1-6-8-9-10-11-12-13-14-15-16-17-18-19-20-21-22-32-27(30)26(25(5)7-2)29-28(31)33-23-24(3)4/h24-26H,6-23H2,1-5H3,(H,29,31). The third-order valence-corrected chi connectivity index (χ3v) is 6.28. The average molecular weight is 470 g/mol. The van der Waals surface area contributed by atoms with Gasteiger partial charge in [0, 0.05) is 0 Å². The molecule has 1 N–H and O–H groups in total. The summed E-state index contributed by atoms with van der Waals surface area (Å²) >= 11 is 0. The SMILES string of the molecule is CCCCCCCCCCCCCCCCCOC(=O)C(NC(=O)OCC(C)C)C(C)CC. The van der Waals surface area contributed by atoms with Crippen LogP contribution in [0.2, 0.25) is 0 Å². The number of amides is 1. The minimum Gasteiger partial charge on any atom is -0.464 e. The number of rotatable bonds is 22. The molecule has 5 nitrogen and oxygen atoms in total. The van der Waals surface area contributed by atoms with E-state index in [1.807, 2.05) is 27.7 Å². The Bertz CT molecular complexity index is 467. The second kappa shape index (κ2) is 22.5. The first-order chi connectivity index (χ1) is 15.9. The molecular weight excluding hydrogens is 414 g/mol. The molecule has 0 aliphatic heterocycles. The van der Waals surface area contributed by atoms with Gasteiger partial charge < -0.3 is 14.8 Å². The number of nitrogens with one attached hydrogen (secondary N) is 1. The molecule has 196 valence electrons. The number of esters is 1. The fraction of sp³-hybridized carbons (Fsp3) is 0.929. The van der Waals surface area contributed by atoms with E-state index in [9.17, 15) is 9.59 Å². The first-order valence-electron chi connectivity index (χ1n) is 14.0. The Balaban J connectivity index is 3.72. The molecule has 0 radical (unpaired) electrons. The van der Waals surface area contributed by atoms with E-state index < -0.39 is 12.1 Å². The molecule has 0 aromatic rings. The molecule has 0 rings (SSSR count). The van der Waals surface area contributed by atoms with Crippen LogP contribution in [0.5, 0.6) is 0 Å². The molecule has 33 heavy (non-hydrogen) atoms. The maximum Gasteiger partial charge on any atom is 0.407 e. The Hall–Kier alpha value is -1.26. The van der Waals surface area contributed by atoms with Gasteiger partial charge in [-0.1, -0.05) is 131 Å². The van der Waals surface area contributed by atoms with E-state index in [-0.39, 0.29) is 17.8 Å². The summed E-state index contributed by atoms with van der Waals surface area (Å²) in [5, 5.41) is 2.69. The second-order valence-corrected chi connectivity index (χ2v) is 10.1. The van der Waals surface area contributed by atoms with Crippen molar-refractivity contribution in [3.8, 4) is 0 Å². The molecule has 0 saturated heterocycles. The van der Waals surface area contributed by atoms with Crippen molar-refractivity contribution >= 4 is 12.1 Å². The number of hydrogen-bond donors (Lipinski definition) is 1. The maximum absolute atomic E-state index is 12.5. The van der Waals surface area contributed by atoms with E-state index in [4.69, 9.17) is 9.47 Å². The van der Waals surface area contributed by atoms with Crippen molar-refractivity contribution in [2.75, 3.05) is 13.2 Å². The number of carbonyl (C=O) groups excluding carboxylic acids is 2. The summed E-state index contributed by atoms with van der Waals surface area (Å²) in [5.41, 5.74) is 0. The van der Waals surface area contributed by atoms with Gasteiger partial charge in [0.1, 0.15) is 6.04 Å². The van der Waals surface area contributed by atoms with Crippen LogP contribution in [-0.2, 0) is 14.3 Å². The third kappa shape index (κ3) is 19.9. The van der Waals surface area contributed by atoms with Crippen LogP contribution in [0.15, 0.2) is 0 Å². The van der Waals surface area contributed by atoms with Crippen molar-refractivity contribution in [3.63, 3.8) is 0 Å². The highest BCUT2D eigenvalue weighted by atomic mass is 16.6. The van der Waals surface area contributed by atoms with Gasteiger partial charge in [-0.15, -0.1) is 0 Å². The van der Waals surface area contributed by atoms with Crippen molar-refractivity contribution in [2.24, 2.45) is 11.8 Å². The average Bonchev–Trinajstić information content (AvgIpc) is 2.80. The Morgan fingerprint density at radius 3 is 1.55 bits per heavy atom. The van der Waals surface area contributed by atoms with Crippen LogP contribution in [0.1, 0.15) is 137 Å². The molecule has 0 aliphatic carbocycles. The van der Waals surface area contributed by atoms with E-state index >= 15 is 0 Å². The third-order valence-electron chi connectivity index (χ3n) is 6.28. The van der Waals surface area contributed by atoms with E-state index in [0.717, 1.165) is 19.3 Å². The summed E-state index contributed by atoms with van der Waals surface area (Å²) < 4.78 is 10.6. The minimum atomic E-state index is -0.647. The lowest BCUT2D eigenvalue weighted by Crippen LogP contribution is -2.46. The van der Waals surface area contributed by atoms with Crippen LogP contribution in [0.3, 0.4) is 0 Å². The molecule has 0 aromatic carbocycles. The van der Waals surface area contributed by atoms with E-state index in [1.54, 1.807) is 0 Å². The molecule has 0 aromatic heterocycles. The number of ether oxygens (including phenoxy) is 2. The monoisotopic (exact) mass is 469 g/mol. The summed E-state index contributed by atoms with van der Waals surface area (Å²) in [6.45, 7) is 10.9. The quantitative estimate of drug-likeness (QED) is 0.128. The molecule has 0 fully saturated rings. The molecule has 0 spiro atoms. The molecular formula is C28H55NO4. The second-order valence-electron chi connectivity index (χ2n) is 10.1. The van der Waals surface area contributed by atoms with Gasteiger partial charge in [-0.2, -0.15) is 0 Å². The van der Waals surface area contributed by atoms with E-state index in [1.165, 1.54) is 83.5 Å². The van der Waals surface area contributed by atoms with Gasteiger partial charge in [-0.3, -0.25) is 0 Å². The van der Waals surface area contributed by atoms with Gasteiger partial charge in [0.05, 0.1) is 13.2 Å². The van der Waals surface area contributed by atoms with Crippen LogP contribution in [-0.4, -0.2) is 31.3 Å². The van der Waals surface area contributed by atoms with Crippen molar-refractivity contribution in [3.05, 3.63) is 0 Å². The lowest BCUT2D eigenvalue weighted by Gasteiger charge is -2.22. The highest BCUT2D eigenvalue weighted by molar-refractivity contribution is 5.81. The first-order valence-corrected chi connectivity index (χ1v) is 14.0. The Labute approximate surface area is 205 Å². The lowest BCUT2D eigenvalue weighted by atomic mass is 9.99. The Morgan fingerprint density at radius 1 is 0.667 bits per heavy atom. The van der Waals surface area contributed by atoms with E-state index in [0.29, 0.717) is 13.2 Å². The van der Waals surface area contributed by atoms with Crippen molar-refractivity contribution < 1.29 is 19.1 Å². The highest BCUT2D eigenvalue weighted by Gasteiger charge is 2.28. The van der Waals surface area contributed by atoms with Crippen LogP contribution < -0.4 is 5.32 Å². The molecule has 5 heteroatoms. The maximum atomic E-state index is 12.5. The number of alkyl carbamates (subject to hydrolysis) is 1. The van der Waals surface area contributed by atoms with Crippen LogP contribution in [0.25, 0.3) is 0 Å². The molecule has 0 heterocycles. The van der Waals surface area contributed by atoms with E-state index in [2.05, 4.69) is 12.2 Å². The van der Waals surface area contributed by atoms with Crippen molar-refractivity contribution in [2.45, 2.75) is 143 Å². The number of unbranched alkanes of at least 4 members (excludes halogenated alkanes) is 14. The van der Waals surface area contributed by atoms with Crippen molar-refractivity contribution in [1.82, 2.24) is 5.32 Å². The normalized spacial score (nSPS) is 13.0. The fourth-order valence-corrected chi connectivity index (χ4v) is 3.82. The highest BCUT2D eigenvalue weighted by Crippen LogP contribution is 2.14. The van der Waals surface area contributed by atoms with Gasteiger partial charge in [0.15, 0.2) is 0 Å². The zero-order valence-corrected chi connectivity index (χ0v) is 22.6. The number of carbonyl (C=O) groups is 2. The summed E-state index contributed by atoms with van der Waals surface area (Å²) in [6, 6.07) is -0.647. The zero-order chi connectivity index (χ0) is 24.7. The molecule has 0 saturated carbocycles. The van der Waals surface area contributed by atoms with Crippen molar-refractivity contribution in [1.29, 1.82) is 0 Å². The largest absolute Gasteiger partial charge is 0.464 e. The molecule has 1 amide bonds. The summed E-state index contributed by atoms with van der Waals surface area (Å²) in [5.74, 6) is -0.0868. The summed E-state index contributed by atoms with van der Waals surface area (Å²) in [6.07, 6.45) is 19.9. The van der Waals surface area contributed by atoms with Gasteiger partial charge in [0.25, 0.3) is 0 Å². The lowest BCUT2D eigenvalue weighted by molar-refractivity contribution is -0.147. The minimum absolute atomic E-state index is 0.00478.